The third kappa shape index (κ3) is 2.83. The zero-order valence-electron chi connectivity index (χ0n) is 9.07. The van der Waals surface area contributed by atoms with Crippen LogP contribution in [0.25, 0.3) is 0 Å². The monoisotopic (exact) mass is 283 g/mol. The molecule has 1 aliphatic heterocycles. The summed E-state index contributed by atoms with van der Waals surface area (Å²) < 4.78 is 6.44. The second-order valence-electron chi connectivity index (χ2n) is 4.01. The predicted molar refractivity (Wildman–Crippen MR) is 65.2 cm³/mol. The van der Waals surface area contributed by atoms with Gasteiger partial charge in [0.25, 0.3) is 0 Å². The molecule has 0 saturated carbocycles. The Hall–Kier alpha value is -0.870. The number of amides is 1. The van der Waals surface area contributed by atoms with Crippen LogP contribution in [0.15, 0.2) is 28.7 Å². The van der Waals surface area contributed by atoms with E-state index in [0.717, 1.165) is 10.9 Å². The summed E-state index contributed by atoms with van der Waals surface area (Å²) in [4.78, 5) is 11.4. The molecule has 1 aromatic rings. The van der Waals surface area contributed by atoms with Crippen molar-refractivity contribution in [2.45, 2.75) is 25.5 Å². The van der Waals surface area contributed by atoms with Crippen LogP contribution in [0.2, 0.25) is 0 Å². The smallest absolute Gasteiger partial charge is 0.249 e. The summed E-state index contributed by atoms with van der Waals surface area (Å²) in [5, 5.41) is 2.95. The summed E-state index contributed by atoms with van der Waals surface area (Å²) in [6, 6.07) is 8.19. The van der Waals surface area contributed by atoms with Gasteiger partial charge >= 0.3 is 0 Å². The number of hydrogen-bond acceptors (Lipinski definition) is 2. The molecule has 1 aromatic carbocycles. The van der Waals surface area contributed by atoms with E-state index in [4.69, 9.17) is 4.74 Å². The molecule has 0 spiro atoms. The molecule has 0 aliphatic carbocycles. The van der Waals surface area contributed by atoms with Gasteiger partial charge in [-0.25, -0.2) is 0 Å². The molecule has 4 heteroatoms. The van der Waals surface area contributed by atoms with Gasteiger partial charge in [-0.2, -0.15) is 0 Å². The number of carbonyl (C=O) groups is 1. The zero-order valence-corrected chi connectivity index (χ0v) is 10.7. The highest BCUT2D eigenvalue weighted by Crippen LogP contribution is 2.13. The Balaban J connectivity index is 1.95. The lowest BCUT2D eigenvalue weighted by Gasteiger charge is -2.27. The first-order valence-corrected chi connectivity index (χ1v) is 6.11. The first-order valence-electron chi connectivity index (χ1n) is 5.31. The Morgan fingerprint density at radius 2 is 2.12 bits per heavy atom. The van der Waals surface area contributed by atoms with Crippen LogP contribution >= 0.6 is 15.9 Å². The SMILES string of the molecule is C[C@@H]1OC[C@H](Cc2ccc(Br)cc2)NC1=O. The van der Waals surface area contributed by atoms with E-state index in [9.17, 15) is 4.79 Å². The van der Waals surface area contributed by atoms with E-state index in [1.807, 2.05) is 24.3 Å². The Morgan fingerprint density at radius 1 is 1.44 bits per heavy atom. The van der Waals surface area contributed by atoms with E-state index in [-0.39, 0.29) is 18.1 Å². The molecule has 1 fully saturated rings. The van der Waals surface area contributed by atoms with Gasteiger partial charge < -0.3 is 10.1 Å². The summed E-state index contributed by atoms with van der Waals surface area (Å²) in [6.45, 7) is 2.36. The minimum Gasteiger partial charge on any atom is -0.367 e. The largest absolute Gasteiger partial charge is 0.367 e. The van der Waals surface area contributed by atoms with Crippen molar-refractivity contribution in [3.05, 3.63) is 34.3 Å². The highest BCUT2D eigenvalue weighted by Gasteiger charge is 2.24. The van der Waals surface area contributed by atoms with Gasteiger partial charge in [-0.05, 0) is 31.0 Å². The Kier molecular flexibility index (Phi) is 3.61. The van der Waals surface area contributed by atoms with Crippen molar-refractivity contribution in [1.29, 1.82) is 0 Å². The molecule has 1 aliphatic rings. The van der Waals surface area contributed by atoms with Gasteiger partial charge in [0.2, 0.25) is 5.91 Å². The number of rotatable bonds is 2. The molecular weight excluding hydrogens is 270 g/mol. The molecule has 86 valence electrons. The normalized spacial score (nSPS) is 25.2. The van der Waals surface area contributed by atoms with E-state index in [1.54, 1.807) is 6.92 Å². The summed E-state index contributed by atoms with van der Waals surface area (Å²) in [7, 11) is 0. The van der Waals surface area contributed by atoms with Crippen LogP contribution < -0.4 is 5.32 Å². The van der Waals surface area contributed by atoms with E-state index >= 15 is 0 Å². The molecule has 0 aromatic heterocycles. The van der Waals surface area contributed by atoms with Crippen molar-refractivity contribution in [1.82, 2.24) is 5.32 Å². The van der Waals surface area contributed by atoms with Gasteiger partial charge in [-0.15, -0.1) is 0 Å². The minimum absolute atomic E-state index is 0.0200. The molecular formula is C12H14BrNO2. The fourth-order valence-corrected chi connectivity index (χ4v) is 1.98. The molecule has 2 atom stereocenters. The lowest BCUT2D eigenvalue weighted by molar-refractivity contribution is -0.139. The average molecular weight is 284 g/mol. The number of morpholine rings is 1. The van der Waals surface area contributed by atoms with Crippen molar-refractivity contribution >= 4 is 21.8 Å². The quantitative estimate of drug-likeness (QED) is 0.900. The summed E-state index contributed by atoms with van der Waals surface area (Å²) in [5.41, 5.74) is 1.20. The number of nitrogens with one attached hydrogen (secondary N) is 1. The highest BCUT2D eigenvalue weighted by molar-refractivity contribution is 9.10. The van der Waals surface area contributed by atoms with E-state index in [1.165, 1.54) is 5.56 Å². The first-order chi connectivity index (χ1) is 7.65. The number of halogens is 1. The van der Waals surface area contributed by atoms with Crippen LogP contribution in [0.1, 0.15) is 12.5 Å². The molecule has 1 N–H and O–H groups in total. The van der Waals surface area contributed by atoms with Gasteiger partial charge in [-0.3, -0.25) is 4.79 Å². The van der Waals surface area contributed by atoms with Crippen molar-refractivity contribution in [2.75, 3.05) is 6.61 Å². The summed E-state index contributed by atoms with van der Waals surface area (Å²) in [6.07, 6.45) is 0.493. The first kappa shape index (κ1) is 11.6. The molecule has 0 unspecified atom stereocenters. The van der Waals surface area contributed by atoms with E-state index in [0.29, 0.717) is 6.61 Å². The highest BCUT2D eigenvalue weighted by atomic mass is 79.9. The van der Waals surface area contributed by atoms with Gasteiger partial charge in [0.15, 0.2) is 0 Å². The lowest BCUT2D eigenvalue weighted by atomic mass is 10.1. The number of hydrogen-bond donors (Lipinski definition) is 1. The fourth-order valence-electron chi connectivity index (χ4n) is 1.71. The van der Waals surface area contributed by atoms with Crippen molar-refractivity contribution < 1.29 is 9.53 Å². The standard InChI is InChI=1S/C12H14BrNO2/c1-8-12(15)14-11(7-16-8)6-9-2-4-10(13)5-3-9/h2-5,8,11H,6-7H2,1H3,(H,14,15)/t8-,11-/m0/s1. The molecule has 1 amide bonds. The van der Waals surface area contributed by atoms with E-state index in [2.05, 4.69) is 21.2 Å². The maximum absolute atomic E-state index is 11.4. The summed E-state index contributed by atoms with van der Waals surface area (Å²) in [5.74, 6) is -0.0200. The maximum atomic E-state index is 11.4. The molecule has 3 nitrogen and oxygen atoms in total. The number of benzene rings is 1. The van der Waals surface area contributed by atoms with Crippen LogP contribution in [0.4, 0.5) is 0 Å². The van der Waals surface area contributed by atoms with Crippen LogP contribution in [0, 0.1) is 0 Å². The van der Waals surface area contributed by atoms with Crippen LogP contribution in [-0.4, -0.2) is 24.7 Å². The summed E-state index contributed by atoms with van der Waals surface area (Å²) >= 11 is 3.39. The molecule has 1 saturated heterocycles. The second kappa shape index (κ2) is 4.97. The van der Waals surface area contributed by atoms with Crippen LogP contribution in [0.5, 0.6) is 0 Å². The van der Waals surface area contributed by atoms with Crippen LogP contribution in [-0.2, 0) is 16.0 Å². The zero-order chi connectivity index (χ0) is 11.5. The number of carbonyl (C=O) groups excluding carboxylic acids is 1. The van der Waals surface area contributed by atoms with Crippen molar-refractivity contribution in [3.63, 3.8) is 0 Å². The fraction of sp³-hybridized carbons (Fsp3) is 0.417. The number of ether oxygens (including phenoxy) is 1. The maximum Gasteiger partial charge on any atom is 0.249 e. The predicted octanol–water partition coefficient (Wildman–Crippen LogP) is 1.90. The molecule has 0 radical (unpaired) electrons. The minimum atomic E-state index is -0.318. The molecule has 1 heterocycles. The third-order valence-corrected chi connectivity index (χ3v) is 3.19. The molecule has 16 heavy (non-hydrogen) atoms. The van der Waals surface area contributed by atoms with Crippen molar-refractivity contribution in [2.24, 2.45) is 0 Å². The van der Waals surface area contributed by atoms with Crippen molar-refractivity contribution in [3.8, 4) is 0 Å². The molecule has 0 bridgehead atoms. The van der Waals surface area contributed by atoms with Gasteiger partial charge in [0.1, 0.15) is 6.10 Å². The van der Waals surface area contributed by atoms with Crippen LogP contribution in [0.3, 0.4) is 0 Å². The lowest BCUT2D eigenvalue weighted by Crippen LogP contribution is -2.50. The Labute approximate surface area is 103 Å². The Morgan fingerprint density at radius 3 is 2.75 bits per heavy atom. The Bertz CT molecular complexity index is 377. The van der Waals surface area contributed by atoms with Gasteiger partial charge in [0, 0.05) is 4.47 Å². The third-order valence-electron chi connectivity index (χ3n) is 2.66. The van der Waals surface area contributed by atoms with Gasteiger partial charge in [-0.1, -0.05) is 28.1 Å². The second-order valence-corrected chi connectivity index (χ2v) is 4.93. The van der Waals surface area contributed by atoms with Gasteiger partial charge in [0.05, 0.1) is 12.6 Å². The average Bonchev–Trinajstić information content (AvgIpc) is 2.27. The topological polar surface area (TPSA) is 38.3 Å². The molecule has 2 rings (SSSR count). The van der Waals surface area contributed by atoms with E-state index < -0.39 is 0 Å².